The Hall–Kier alpha value is -3.43. The predicted octanol–water partition coefficient (Wildman–Crippen LogP) is 6.03. The fourth-order valence-corrected chi connectivity index (χ4v) is 5.18. The van der Waals surface area contributed by atoms with Crippen molar-refractivity contribution in [3.05, 3.63) is 48.0 Å². The van der Waals surface area contributed by atoms with Gasteiger partial charge in [-0.2, -0.15) is 13.2 Å². The molecule has 1 amide bonds. The van der Waals surface area contributed by atoms with Gasteiger partial charge in [0.05, 0.1) is 11.7 Å². The van der Waals surface area contributed by atoms with E-state index in [2.05, 4.69) is 15.4 Å². The van der Waals surface area contributed by atoms with Gasteiger partial charge in [0.2, 0.25) is 5.91 Å². The Balaban J connectivity index is 1.15. The van der Waals surface area contributed by atoms with E-state index in [4.69, 9.17) is 15.2 Å². The minimum absolute atomic E-state index is 0.0572. The second-order valence-electron chi connectivity index (χ2n) is 10.3. The van der Waals surface area contributed by atoms with Crippen LogP contribution >= 0.6 is 0 Å². The zero-order chi connectivity index (χ0) is 30.5. The van der Waals surface area contributed by atoms with Crippen LogP contribution in [0.5, 0.6) is 5.75 Å². The van der Waals surface area contributed by atoms with Gasteiger partial charge in [-0.05, 0) is 81.0 Å². The molecule has 0 radical (unpaired) electrons. The number of nitrogens with one attached hydrogen (secondary N) is 2. The van der Waals surface area contributed by atoms with Gasteiger partial charge in [0.25, 0.3) is 0 Å². The standard InChI is InChI=1S/C27H32F6N4O5/c28-26(29,30)23-15-20(5-10-24(23)37(39)40)35-18-1-6-21(7-2-18)41-16-25(38)36-13-11-19(12-14-36)34-17-3-8-22(9-4-17)42-27(31,32)33/h3-5,8-10,15,18-19,21,34-35,39-40H,1-2,6-7,11-14,16H2. The van der Waals surface area contributed by atoms with Gasteiger partial charge in [-0.1, -0.05) is 0 Å². The van der Waals surface area contributed by atoms with Gasteiger partial charge >= 0.3 is 12.5 Å². The SMILES string of the molecule is O=C(COC1CCC(Nc2ccc(N(O)O)c(C(F)(F)F)c2)CC1)N1CCC(Nc2ccc(OC(F)(F)F)cc2)CC1. The smallest absolute Gasteiger partial charge is 0.406 e. The largest absolute Gasteiger partial charge is 0.573 e. The number of carbonyl (C=O) groups excluding carboxylic acids is 1. The maximum absolute atomic E-state index is 13.3. The highest BCUT2D eigenvalue weighted by Gasteiger charge is 2.36. The van der Waals surface area contributed by atoms with Gasteiger partial charge in [-0.15, -0.1) is 18.4 Å². The molecule has 4 N–H and O–H groups in total. The van der Waals surface area contributed by atoms with E-state index in [1.807, 2.05) is 0 Å². The Bertz CT molecular complexity index is 1180. The fourth-order valence-electron chi connectivity index (χ4n) is 5.18. The summed E-state index contributed by atoms with van der Waals surface area (Å²) in [5.74, 6) is -0.435. The van der Waals surface area contributed by atoms with Crippen molar-refractivity contribution in [1.29, 1.82) is 0 Å². The Morgan fingerprint density at radius 3 is 2.00 bits per heavy atom. The molecule has 0 spiro atoms. The van der Waals surface area contributed by atoms with Gasteiger partial charge < -0.3 is 25.0 Å². The Kier molecular flexibility index (Phi) is 9.94. The fraction of sp³-hybridized carbons (Fsp3) is 0.519. The van der Waals surface area contributed by atoms with Crippen molar-refractivity contribution in [3.63, 3.8) is 0 Å². The van der Waals surface area contributed by atoms with Crippen molar-refractivity contribution in [2.75, 3.05) is 35.6 Å². The number of carbonyl (C=O) groups is 1. The molecule has 15 heteroatoms. The number of hydrogen-bond donors (Lipinski definition) is 4. The number of rotatable bonds is 9. The summed E-state index contributed by atoms with van der Waals surface area (Å²) in [4.78, 5) is 14.4. The summed E-state index contributed by atoms with van der Waals surface area (Å²) in [5, 5.41) is 23.9. The molecule has 0 bridgehead atoms. The van der Waals surface area contributed by atoms with E-state index in [0.717, 1.165) is 12.1 Å². The van der Waals surface area contributed by atoms with Crippen molar-refractivity contribution in [2.24, 2.45) is 0 Å². The lowest BCUT2D eigenvalue weighted by atomic mass is 9.92. The molecule has 2 aromatic rings. The molecule has 9 nitrogen and oxygen atoms in total. The van der Waals surface area contributed by atoms with Gasteiger partial charge in [0.1, 0.15) is 18.0 Å². The van der Waals surface area contributed by atoms with Crippen LogP contribution in [0.3, 0.4) is 0 Å². The van der Waals surface area contributed by atoms with Crippen molar-refractivity contribution in [1.82, 2.24) is 4.90 Å². The third-order valence-corrected chi connectivity index (χ3v) is 7.31. The molecule has 2 aromatic carbocycles. The monoisotopic (exact) mass is 606 g/mol. The average Bonchev–Trinajstić information content (AvgIpc) is 2.92. The zero-order valence-electron chi connectivity index (χ0n) is 22.4. The van der Waals surface area contributed by atoms with Crippen LogP contribution in [0, 0.1) is 0 Å². The van der Waals surface area contributed by atoms with Gasteiger partial charge in [-0.25, -0.2) is 0 Å². The van der Waals surface area contributed by atoms with Crippen molar-refractivity contribution >= 4 is 23.0 Å². The summed E-state index contributed by atoms with van der Waals surface area (Å²) >= 11 is 0. The second-order valence-corrected chi connectivity index (χ2v) is 10.3. The molecular formula is C27H32F6N4O5. The summed E-state index contributed by atoms with van der Waals surface area (Å²) in [6.07, 6.45) is -5.87. The van der Waals surface area contributed by atoms with Gasteiger partial charge in [0.15, 0.2) is 0 Å². The molecule has 0 atom stereocenters. The van der Waals surface area contributed by atoms with Crippen molar-refractivity contribution < 1.29 is 51.0 Å². The lowest BCUT2D eigenvalue weighted by Gasteiger charge is -2.34. The van der Waals surface area contributed by atoms with Crippen LogP contribution in [0.2, 0.25) is 0 Å². The van der Waals surface area contributed by atoms with Crippen molar-refractivity contribution in [3.8, 4) is 5.75 Å². The van der Waals surface area contributed by atoms with E-state index in [1.54, 1.807) is 4.90 Å². The molecule has 232 valence electrons. The lowest BCUT2D eigenvalue weighted by molar-refractivity contribution is -0.274. The zero-order valence-corrected chi connectivity index (χ0v) is 22.4. The highest BCUT2D eigenvalue weighted by Crippen LogP contribution is 2.38. The van der Waals surface area contributed by atoms with E-state index >= 15 is 0 Å². The lowest BCUT2D eigenvalue weighted by Crippen LogP contribution is -2.44. The van der Waals surface area contributed by atoms with Crippen LogP contribution in [-0.2, 0) is 15.7 Å². The Morgan fingerprint density at radius 2 is 1.43 bits per heavy atom. The maximum atomic E-state index is 13.3. The molecule has 4 rings (SSSR count). The van der Waals surface area contributed by atoms with Gasteiger partial charge in [-0.3, -0.25) is 15.2 Å². The third-order valence-electron chi connectivity index (χ3n) is 7.31. The predicted molar refractivity (Wildman–Crippen MR) is 139 cm³/mol. The highest BCUT2D eigenvalue weighted by molar-refractivity contribution is 5.77. The van der Waals surface area contributed by atoms with E-state index in [-0.39, 0.29) is 42.1 Å². The number of hydrogen-bond acceptors (Lipinski definition) is 8. The first kappa shape index (κ1) is 31.5. The number of benzene rings is 2. The number of likely N-dealkylation sites (tertiary alicyclic amines) is 1. The average molecular weight is 607 g/mol. The van der Waals surface area contributed by atoms with Gasteiger partial charge in [0, 0.05) is 36.5 Å². The normalized spacial score (nSPS) is 20.2. The van der Waals surface area contributed by atoms with E-state index < -0.39 is 29.0 Å². The van der Waals surface area contributed by atoms with E-state index in [0.29, 0.717) is 57.3 Å². The minimum atomic E-state index is -4.77. The molecule has 1 saturated heterocycles. The maximum Gasteiger partial charge on any atom is 0.573 e. The molecule has 2 fully saturated rings. The number of halogens is 6. The number of alkyl halides is 6. The molecule has 0 aromatic heterocycles. The molecule has 2 aliphatic rings. The molecule has 42 heavy (non-hydrogen) atoms. The summed E-state index contributed by atoms with van der Waals surface area (Å²) < 4.78 is 86.6. The minimum Gasteiger partial charge on any atom is -0.406 e. The van der Waals surface area contributed by atoms with Crippen LogP contribution in [0.15, 0.2) is 42.5 Å². The van der Waals surface area contributed by atoms with Crippen LogP contribution in [0.1, 0.15) is 44.1 Å². The third kappa shape index (κ3) is 9.03. The number of amides is 1. The first-order chi connectivity index (χ1) is 19.8. The van der Waals surface area contributed by atoms with Crippen LogP contribution in [0.25, 0.3) is 0 Å². The summed E-state index contributed by atoms with van der Waals surface area (Å²) in [6.45, 7) is 0.945. The van der Waals surface area contributed by atoms with Crippen LogP contribution < -0.4 is 20.6 Å². The van der Waals surface area contributed by atoms with Crippen molar-refractivity contribution in [2.45, 2.75) is 69.3 Å². The topological polar surface area (TPSA) is 107 Å². The number of nitrogens with zero attached hydrogens (tertiary/aromatic N) is 2. The number of piperidine rings is 1. The molecular weight excluding hydrogens is 574 g/mol. The van der Waals surface area contributed by atoms with Crippen LogP contribution in [-0.4, -0.2) is 65.5 Å². The molecule has 1 aliphatic heterocycles. The number of ether oxygens (including phenoxy) is 2. The van der Waals surface area contributed by atoms with E-state index in [1.165, 1.54) is 30.3 Å². The second kappa shape index (κ2) is 13.3. The van der Waals surface area contributed by atoms with E-state index in [9.17, 15) is 31.1 Å². The molecule has 1 saturated carbocycles. The first-order valence-electron chi connectivity index (χ1n) is 13.4. The summed E-state index contributed by atoms with van der Waals surface area (Å²) in [5.41, 5.74) is -1.09. The summed E-state index contributed by atoms with van der Waals surface area (Å²) in [6, 6.07) is 8.58. The Labute approximate surface area is 237 Å². The Morgan fingerprint density at radius 1 is 0.857 bits per heavy atom. The number of anilines is 3. The molecule has 1 heterocycles. The molecule has 0 unspecified atom stereocenters. The first-order valence-corrected chi connectivity index (χ1v) is 13.4. The quantitative estimate of drug-likeness (QED) is 0.203. The van der Waals surface area contributed by atoms with Crippen LogP contribution in [0.4, 0.5) is 43.4 Å². The summed E-state index contributed by atoms with van der Waals surface area (Å²) in [7, 11) is 0. The highest BCUT2D eigenvalue weighted by atomic mass is 19.4. The molecule has 1 aliphatic carbocycles.